The number of hydrogen-bond donors (Lipinski definition) is 2. The fourth-order valence-electron chi connectivity index (χ4n) is 2.42. The summed E-state index contributed by atoms with van der Waals surface area (Å²) in [5, 5.41) is 6.75. The first-order valence-electron chi connectivity index (χ1n) is 7.90. The summed E-state index contributed by atoms with van der Waals surface area (Å²) in [7, 11) is 0. The predicted octanol–water partition coefficient (Wildman–Crippen LogP) is 4.46. The van der Waals surface area contributed by atoms with Crippen LogP contribution in [0.1, 0.15) is 12.8 Å². The van der Waals surface area contributed by atoms with Gasteiger partial charge in [0.1, 0.15) is 5.82 Å². The van der Waals surface area contributed by atoms with Crippen LogP contribution in [0.25, 0.3) is 11.3 Å². The quantitative estimate of drug-likeness (QED) is 0.730. The number of aromatic nitrogens is 2. The van der Waals surface area contributed by atoms with Crippen molar-refractivity contribution in [2.75, 3.05) is 10.6 Å². The monoisotopic (exact) mass is 302 g/mol. The summed E-state index contributed by atoms with van der Waals surface area (Å²) in [5.74, 6) is 1.49. The number of anilines is 3. The maximum atomic E-state index is 4.66. The molecule has 0 saturated heterocycles. The average Bonchev–Trinajstić information content (AvgIpc) is 3.40. The van der Waals surface area contributed by atoms with Crippen LogP contribution in [0.4, 0.5) is 17.5 Å². The summed E-state index contributed by atoms with van der Waals surface area (Å²) in [6.45, 7) is 0. The number of hydrogen-bond acceptors (Lipinski definition) is 4. The minimum Gasteiger partial charge on any atom is -0.367 e. The van der Waals surface area contributed by atoms with Gasteiger partial charge in [-0.1, -0.05) is 48.5 Å². The molecule has 23 heavy (non-hydrogen) atoms. The third-order valence-corrected chi connectivity index (χ3v) is 3.75. The Kier molecular flexibility index (Phi) is 3.64. The summed E-state index contributed by atoms with van der Waals surface area (Å²) in [6, 6.07) is 22.8. The Morgan fingerprint density at radius 1 is 0.826 bits per heavy atom. The van der Waals surface area contributed by atoms with Crippen LogP contribution in [-0.2, 0) is 0 Å². The van der Waals surface area contributed by atoms with Gasteiger partial charge in [0, 0.05) is 23.4 Å². The molecule has 2 N–H and O–H groups in total. The van der Waals surface area contributed by atoms with E-state index in [2.05, 4.69) is 32.7 Å². The molecule has 1 aliphatic rings. The third-order valence-electron chi connectivity index (χ3n) is 3.75. The fourth-order valence-corrected chi connectivity index (χ4v) is 2.42. The van der Waals surface area contributed by atoms with Gasteiger partial charge in [0.15, 0.2) is 0 Å². The highest BCUT2D eigenvalue weighted by Gasteiger charge is 2.22. The van der Waals surface area contributed by atoms with Crippen molar-refractivity contribution >= 4 is 17.5 Å². The minimum absolute atomic E-state index is 0.554. The molecule has 0 aliphatic heterocycles. The van der Waals surface area contributed by atoms with Crippen molar-refractivity contribution in [2.24, 2.45) is 0 Å². The van der Waals surface area contributed by atoms with Crippen molar-refractivity contribution in [2.45, 2.75) is 18.9 Å². The molecule has 1 fully saturated rings. The molecule has 4 heteroatoms. The van der Waals surface area contributed by atoms with E-state index in [-0.39, 0.29) is 0 Å². The lowest BCUT2D eigenvalue weighted by atomic mass is 10.1. The minimum atomic E-state index is 0.554. The van der Waals surface area contributed by atoms with E-state index in [1.807, 2.05) is 54.6 Å². The number of benzene rings is 2. The van der Waals surface area contributed by atoms with Crippen LogP contribution in [0.2, 0.25) is 0 Å². The highest BCUT2D eigenvalue weighted by Crippen LogP contribution is 2.27. The molecule has 1 aromatic heterocycles. The van der Waals surface area contributed by atoms with Crippen molar-refractivity contribution in [3.63, 3.8) is 0 Å². The largest absolute Gasteiger partial charge is 0.367 e. The Bertz CT molecular complexity index is 783. The molecule has 1 aliphatic carbocycles. The zero-order valence-corrected chi connectivity index (χ0v) is 12.7. The first-order chi connectivity index (χ1) is 11.4. The molecule has 0 unspecified atom stereocenters. The highest BCUT2D eigenvalue weighted by molar-refractivity contribution is 5.66. The summed E-state index contributed by atoms with van der Waals surface area (Å²) in [5.41, 5.74) is 2.99. The van der Waals surface area contributed by atoms with E-state index in [0.717, 1.165) is 22.8 Å². The summed E-state index contributed by atoms with van der Waals surface area (Å²) in [6.07, 6.45) is 2.43. The molecule has 1 saturated carbocycles. The summed E-state index contributed by atoms with van der Waals surface area (Å²) in [4.78, 5) is 9.27. The van der Waals surface area contributed by atoms with E-state index in [0.29, 0.717) is 12.0 Å². The zero-order valence-electron chi connectivity index (χ0n) is 12.7. The molecule has 3 aromatic rings. The van der Waals surface area contributed by atoms with Gasteiger partial charge in [-0.25, -0.2) is 4.98 Å². The van der Waals surface area contributed by atoms with Gasteiger partial charge in [0.2, 0.25) is 5.95 Å². The molecular formula is C19H18N4. The lowest BCUT2D eigenvalue weighted by Crippen LogP contribution is -2.06. The van der Waals surface area contributed by atoms with Crippen LogP contribution in [0.3, 0.4) is 0 Å². The lowest BCUT2D eigenvalue weighted by molar-refractivity contribution is 1.09. The van der Waals surface area contributed by atoms with Crippen LogP contribution < -0.4 is 10.6 Å². The van der Waals surface area contributed by atoms with Gasteiger partial charge in [0.05, 0.1) is 5.69 Å². The number of nitrogens with zero attached hydrogens (tertiary/aromatic N) is 2. The van der Waals surface area contributed by atoms with Crippen LogP contribution in [0.15, 0.2) is 66.7 Å². The standard InChI is InChI=1S/C19H18N4/c1-3-7-14(8-4-1)17-13-18(20-16-11-12-16)23-19(22-17)21-15-9-5-2-6-10-15/h1-10,13,16H,11-12H2,(H2,20,21,22,23). The maximum absolute atomic E-state index is 4.66. The van der Waals surface area contributed by atoms with Crippen molar-refractivity contribution in [3.8, 4) is 11.3 Å². The summed E-state index contributed by atoms with van der Waals surface area (Å²) < 4.78 is 0. The molecule has 1 heterocycles. The second kappa shape index (κ2) is 6.08. The second-order valence-electron chi connectivity index (χ2n) is 5.74. The van der Waals surface area contributed by atoms with Crippen LogP contribution >= 0.6 is 0 Å². The van der Waals surface area contributed by atoms with Gasteiger partial charge in [0.25, 0.3) is 0 Å². The molecule has 0 spiro atoms. The topological polar surface area (TPSA) is 49.8 Å². The molecule has 0 atom stereocenters. The Balaban J connectivity index is 1.69. The van der Waals surface area contributed by atoms with Gasteiger partial charge >= 0.3 is 0 Å². The second-order valence-corrected chi connectivity index (χ2v) is 5.74. The van der Waals surface area contributed by atoms with E-state index >= 15 is 0 Å². The molecule has 114 valence electrons. The Morgan fingerprint density at radius 3 is 2.22 bits per heavy atom. The molecular weight excluding hydrogens is 284 g/mol. The Labute approximate surface area is 135 Å². The van der Waals surface area contributed by atoms with Gasteiger partial charge in [-0.3, -0.25) is 0 Å². The first-order valence-corrected chi connectivity index (χ1v) is 7.90. The van der Waals surface area contributed by atoms with Crippen molar-refractivity contribution in [3.05, 3.63) is 66.7 Å². The Morgan fingerprint density at radius 2 is 1.52 bits per heavy atom. The van der Waals surface area contributed by atoms with E-state index in [1.54, 1.807) is 0 Å². The number of para-hydroxylation sites is 1. The molecule has 2 aromatic carbocycles. The molecule has 0 radical (unpaired) electrons. The molecule has 0 bridgehead atoms. The normalized spacial score (nSPS) is 13.6. The van der Waals surface area contributed by atoms with Gasteiger partial charge < -0.3 is 10.6 Å². The Hall–Kier alpha value is -2.88. The fraction of sp³-hybridized carbons (Fsp3) is 0.158. The average molecular weight is 302 g/mol. The molecule has 4 rings (SSSR count). The molecule has 0 amide bonds. The highest BCUT2D eigenvalue weighted by atomic mass is 15.2. The smallest absolute Gasteiger partial charge is 0.229 e. The van der Waals surface area contributed by atoms with Crippen LogP contribution in [0, 0.1) is 0 Å². The van der Waals surface area contributed by atoms with Crippen molar-refractivity contribution < 1.29 is 0 Å². The van der Waals surface area contributed by atoms with Crippen LogP contribution in [-0.4, -0.2) is 16.0 Å². The zero-order chi connectivity index (χ0) is 15.5. The number of nitrogens with one attached hydrogen (secondary N) is 2. The van der Waals surface area contributed by atoms with E-state index in [9.17, 15) is 0 Å². The van der Waals surface area contributed by atoms with E-state index in [4.69, 9.17) is 0 Å². The first kappa shape index (κ1) is 13.8. The third kappa shape index (κ3) is 3.48. The maximum Gasteiger partial charge on any atom is 0.229 e. The van der Waals surface area contributed by atoms with Gasteiger partial charge in [-0.2, -0.15) is 4.98 Å². The van der Waals surface area contributed by atoms with Gasteiger partial charge in [-0.05, 0) is 25.0 Å². The van der Waals surface area contributed by atoms with Crippen LogP contribution in [0.5, 0.6) is 0 Å². The SMILES string of the molecule is c1ccc(Nc2nc(NC3CC3)cc(-c3ccccc3)n2)cc1. The predicted molar refractivity (Wildman–Crippen MR) is 93.8 cm³/mol. The van der Waals surface area contributed by atoms with Gasteiger partial charge in [-0.15, -0.1) is 0 Å². The van der Waals surface area contributed by atoms with Crippen molar-refractivity contribution in [1.29, 1.82) is 0 Å². The number of rotatable bonds is 5. The van der Waals surface area contributed by atoms with E-state index < -0.39 is 0 Å². The molecule has 4 nitrogen and oxygen atoms in total. The van der Waals surface area contributed by atoms with Crippen molar-refractivity contribution in [1.82, 2.24) is 9.97 Å². The van der Waals surface area contributed by atoms with E-state index in [1.165, 1.54) is 12.8 Å². The lowest BCUT2D eigenvalue weighted by Gasteiger charge is -2.11. The summed E-state index contributed by atoms with van der Waals surface area (Å²) >= 11 is 0.